The molecule has 27 heavy (non-hydrogen) atoms. The maximum absolute atomic E-state index is 12.7. The third kappa shape index (κ3) is 4.32. The van der Waals surface area contributed by atoms with Crippen molar-refractivity contribution in [3.63, 3.8) is 0 Å². The molecule has 0 saturated heterocycles. The van der Waals surface area contributed by atoms with Gasteiger partial charge in [-0.05, 0) is 56.2 Å². The Kier molecular flexibility index (Phi) is 5.52. The van der Waals surface area contributed by atoms with Crippen LogP contribution in [0.25, 0.3) is 11.6 Å². The summed E-state index contributed by atoms with van der Waals surface area (Å²) in [7, 11) is -3.75. The van der Waals surface area contributed by atoms with Crippen LogP contribution in [0.5, 0.6) is 5.75 Å². The smallest absolute Gasteiger partial charge is 0.266 e. The van der Waals surface area contributed by atoms with Gasteiger partial charge in [0.15, 0.2) is 0 Å². The van der Waals surface area contributed by atoms with Crippen LogP contribution in [-0.4, -0.2) is 30.2 Å². The topological polar surface area (TPSA) is 107 Å². The van der Waals surface area contributed by atoms with Gasteiger partial charge in [-0.1, -0.05) is 6.07 Å². The molecule has 3 aromatic rings. The highest BCUT2D eigenvalue weighted by molar-refractivity contribution is 7.89. The van der Waals surface area contributed by atoms with Crippen LogP contribution in [0.3, 0.4) is 0 Å². The van der Waals surface area contributed by atoms with E-state index in [4.69, 9.17) is 9.15 Å². The van der Waals surface area contributed by atoms with Crippen molar-refractivity contribution in [3.8, 4) is 17.3 Å². The molecule has 0 aliphatic carbocycles. The predicted molar refractivity (Wildman–Crippen MR) is 98.6 cm³/mol. The summed E-state index contributed by atoms with van der Waals surface area (Å²) in [5.41, 5.74) is 1.87. The minimum atomic E-state index is -3.75. The number of ether oxygens (including phenoxy) is 1. The molecule has 0 aliphatic rings. The molecule has 0 unspecified atom stereocenters. The summed E-state index contributed by atoms with van der Waals surface area (Å²) in [5.74, 6) is 1.06. The molecule has 8 nitrogen and oxygen atoms in total. The van der Waals surface area contributed by atoms with Gasteiger partial charge in [-0.3, -0.25) is 4.98 Å². The number of pyridine rings is 1. The third-order valence-electron chi connectivity index (χ3n) is 3.83. The largest absolute Gasteiger partial charge is 0.494 e. The first kappa shape index (κ1) is 19.0. The minimum Gasteiger partial charge on any atom is -0.494 e. The number of hydrogen-bond donors (Lipinski definition) is 1. The highest BCUT2D eigenvalue weighted by atomic mass is 32.2. The van der Waals surface area contributed by atoms with Gasteiger partial charge in [0.05, 0.1) is 18.0 Å². The number of hydrogen-bond acceptors (Lipinski definition) is 7. The summed E-state index contributed by atoms with van der Waals surface area (Å²) in [6.45, 7) is 5.81. The Morgan fingerprint density at radius 3 is 2.67 bits per heavy atom. The average molecular weight is 388 g/mol. The minimum absolute atomic E-state index is 0.117. The van der Waals surface area contributed by atoms with Crippen LogP contribution in [0.2, 0.25) is 0 Å². The number of sulfonamides is 1. The Bertz CT molecular complexity index is 1030. The molecular formula is C18H20N4O4S. The molecule has 0 bridgehead atoms. The van der Waals surface area contributed by atoms with E-state index in [2.05, 4.69) is 19.9 Å². The Hall–Kier alpha value is -2.78. The van der Waals surface area contributed by atoms with Gasteiger partial charge in [0.2, 0.25) is 15.9 Å². The monoisotopic (exact) mass is 388 g/mol. The lowest BCUT2D eigenvalue weighted by molar-refractivity contribution is 0.337. The second-order valence-electron chi connectivity index (χ2n) is 5.86. The second kappa shape index (κ2) is 7.85. The number of aromatic nitrogens is 3. The van der Waals surface area contributed by atoms with Crippen LogP contribution in [-0.2, 0) is 16.6 Å². The van der Waals surface area contributed by atoms with Crippen molar-refractivity contribution >= 4 is 10.0 Å². The Morgan fingerprint density at radius 1 is 1.15 bits per heavy atom. The molecule has 0 atom stereocenters. The molecule has 1 aromatic carbocycles. The van der Waals surface area contributed by atoms with Gasteiger partial charge in [0.25, 0.3) is 5.89 Å². The highest BCUT2D eigenvalue weighted by Crippen LogP contribution is 2.26. The Balaban J connectivity index is 1.76. The van der Waals surface area contributed by atoms with E-state index < -0.39 is 10.0 Å². The maximum atomic E-state index is 12.7. The van der Waals surface area contributed by atoms with E-state index in [0.717, 1.165) is 5.56 Å². The summed E-state index contributed by atoms with van der Waals surface area (Å²) < 4.78 is 38.8. The molecule has 0 saturated carbocycles. The van der Waals surface area contributed by atoms with E-state index in [1.165, 1.54) is 0 Å². The summed E-state index contributed by atoms with van der Waals surface area (Å²) in [6, 6.07) is 8.62. The lowest BCUT2D eigenvalue weighted by Gasteiger charge is -2.13. The zero-order valence-electron chi connectivity index (χ0n) is 15.3. The van der Waals surface area contributed by atoms with E-state index in [-0.39, 0.29) is 23.2 Å². The van der Waals surface area contributed by atoms with Crippen LogP contribution in [0.1, 0.15) is 23.9 Å². The molecular weight excluding hydrogens is 368 g/mol. The predicted octanol–water partition coefficient (Wildman–Crippen LogP) is 2.63. The van der Waals surface area contributed by atoms with Gasteiger partial charge >= 0.3 is 0 Å². The van der Waals surface area contributed by atoms with Crippen LogP contribution < -0.4 is 9.46 Å². The van der Waals surface area contributed by atoms with Crippen LogP contribution in [0, 0.1) is 13.8 Å². The molecule has 142 valence electrons. The zero-order valence-corrected chi connectivity index (χ0v) is 16.1. The second-order valence-corrected chi connectivity index (χ2v) is 7.59. The van der Waals surface area contributed by atoms with Gasteiger partial charge < -0.3 is 9.15 Å². The molecule has 0 amide bonds. The fourth-order valence-corrected chi connectivity index (χ4v) is 3.80. The first-order valence-electron chi connectivity index (χ1n) is 8.38. The summed E-state index contributed by atoms with van der Waals surface area (Å²) in [4.78, 5) is 4.30. The van der Waals surface area contributed by atoms with Crippen molar-refractivity contribution in [3.05, 3.63) is 53.5 Å². The van der Waals surface area contributed by atoms with Crippen molar-refractivity contribution in [1.82, 2.24) is 19.9 Å². The lowest BCUT2D eigenvalue weighted by Crippen LogP contribution is -2.24. The quantitative estimate of drug-likeness (QED) is 0.663. The Morgan fingerprint density at radius 2 is 1.96 bits per heavy atom. The number of nitrogens with one attached hydrogen (secondary N) is 1. The normalized spacial score (nSPS) is 11.5. The lowest BCUT2D eigenvalue weighted by atomic mass is 10.1. The molecule has 0 fully saturated rings. The number of rotatable bonds is 7. The van der Waals surface area contributed by atoms with Crippen LogP contribution >= 0.6 is 0 Å². The average Bonchev–Trinajstić information content (AvgIpc) is 3.13. The first-order chi connectivity index (χ1) is 12.9. The molecule has 9 heteroatoms. The first-order valence-corrected chi connectivity index (χ1v) is 9.86. The van der Waals surface area contributed by atoms with Crippen molar-refractivity contribution in [1.29, 1.82) is 0 Å². The standard InChI is InChI=1S/C18H20N4O4S/c1-4-25-15-9-13(3)16(10-12(15)2)27(23,24)20-11-17-21-22-18(26-17)14-7-5-6-8-19-14/h5-10,20H,4,11H2,1-3H3. The number of aryl methyl sites for hydroxylation is 2. The molecule has 2 aromatic heterocycles. The van der Waals surface area contributed by atoms with Gasteiger partial charge in [-0.25, -0.2) is 13.1 Å². The number of nitrogens with zero attached hydrogens (tertiary/aromatic N) is 3. The van der Waals surface area contributed by atoms with Gasteiger partial charge in [-0.15, -0.1) is 10.2 Å². The summed E-state index contributed by atoms with van der Waals surface area (Å²) in [6.07, 6.45) is 1.61. The molecule has 0 radical (unpaired) electrons. The Labute approximate surface area is 157 Å². The van der Waals surface area contributed by atoms with Crippen molar-refractivity contribution in [2.24, 2.45) is 0 Å². The third-order valence-corrected chi connectivity index (χ3v) is 5.37. The van der Waals surface area contributed by atoms with Crippen LogP contribution in [0.15, 0.2) is 45.8 Å². The highest BCUT2D eigenvalue weighted by Gasteiger charge is 2.20. The van der Waals surface area contributed by atoms with E-state index >= 15 is 0 Å². The molecule has 2 heterocycles. The van der Waals surface area contributed by atoms with Gasteiger partial charge in [0, 0.05) is 6.20 Å². The van der Waals surface area contributed by atoms with Gasteiger partial charge in [-0.2, -0.15) is 0 Å². The fourth-order valence-electron chi connectivity index (χ4n) is 2.52. The molecule has 3 rings (SSSR count). The van der Waals surface area contributed by atoms with E-state index in [0.29, 0.717) is 23.6 Å². The zero-order chi connectivity index (χ0) is 19.4. The van der Waals surface area contributed by atoms with E-state index in [1.54, 1.807) is 50.4 Å². The maximum Gasteiger partial charge on any atom is 0.266 e. The number of benzene rings is 1. The van der Waals surface area contributed by atoms with Gasteiger partial charge in [0.1, 0.15) is 11.4 Å². The van der Waals surface area contributed by atoms with Crippen molar-refractivity contribution in [2.45, 2.75) is 32.2 Å². The van der Waals surface area contributed by atoms with E-state index in [9.17, 15) is 8.42 Å². The van der Waals surface area contributed by atoms with Crippen molar-refractivity contribution in [2.75, 3.05) is 6.61 Å². The summed E-state index contributed by atoms with van der Waals surface area (Å²) >= 11 is 0. The molecule has 1 N–H and O–H groups in total. The SMILES string of the molecule is CCOc1cc(C)c(S(=O)(=O)NCc2nnc(-c3ccccn3)o2)cc1C. The van der Waals surface area contributed by atoms with Crippen LogP contribution in [0.4, 0.5) is 0 Å². The summed E-state index contributed by atoms with van der Waals surface area (Å²) in [5, 5.41) is 7.76. The van der Waals surface area contributed by atoms with Crippen molar-refractivity contribution < 1.29 is 17.6 Å². The fraction of sp³-hybridized carbons (Fsp3) is 0.278. The van der Waals surface area contributed by atoms with E-state index in [1.807, 2.05) is 6.92 Å². The molecule has 0 aliphatic heterocycles. The molecule has 0 spiro atoms.